The Balaban J connectivity index is 1.26. The van der Waals surface area contributed by atoms with Gasteiger partial charge in [-0.2, -0.15) is 9.97 Å². The fourth-order valence-electron chi connectivity index (χ4n) is 3.99. The molecule has 0 aliphatic carbocycles. The van der Waals surface area contributed by atoms with Gasteiger partial charge in [0, 0.05) is 64.0 Å². The molecule has 0 aromatic carbocycles. The third-order valence-electron chi connectivity index (χ3n) is 5.61. The quantitative estimate of drug-likeness (QED) is 0.376. The second-order valence-electron chi connectivity index (χ2n) is 8.20. The first-order valence-corrected chi connectivity index (χ1v) is 11.6. The van der Waals surface area contributed by atoms with Crippen molar-refractivity contribution in [2.45, 2.75) is 38.6 Å². The Bertz CT molecular complexity index is 803. The maximum atomic E-state index is 5.91. The zero-order valence-electron chi connectivity index (χ0n) is 18.1. The largest absolute Gasteiger partial charge is 0.369 e. The fourth-order valence-corrected chi connectivity index (χ4v) is 4.14. The van der Waals surface area contributed by atoms with Gasteiger partial charge in [-0.3, -0.25) is 0 Å². The molecule has 2 fully saturated rings. The van der Waals surface area contributed by atoms with Crippen LogP contribution < -0.4 is 25.8 Å². The van der Waals surface area contributed by atoms with Crippen LogP contribution in [-0.2, 0) is 0 Å². The second-order valence-corrected chi connectivity index (χ2v) is 8.59. The van der Waals surface area contributed by atoms with E-state index < -0.39 is 0 Å². The van der Waals surface area contributed by atoms with Crippen LogP contribution in [0.4, 0.5) is 23.4 Å². The lowest BCUT2D eigenvalue weighted by molar-refractivity contribution is 0.641. The summed E-state index contributed by atoms with van der Waals surface area (Å²) in [6, 6.07) is 4.03. The topological polar surface area (TPSA) is 94.1 Å². The van der Waals surface area contributed by atoms with Crippen molar-refractivity contribution in [1.29, 1.82) is 0 Å². The highest BCUT2D eigenvalue weighted by Gasteiger charge is 2.20. The van der Waals surface area contributed by atoms with Crippen LogP contribution in [0.5, 0.6) is 0 Å². The number of aromatic nitrogens is 4. The van der Waals surface area contributed by atoms with Crippen LogP contribution in [0.2, 0.25) is 5.15 Å². The lowest BCUT2D eigenvalue weighted by atomic mass is 10.3. The Morgan fingerprint density at radius 1 is 0.935 bits per heavy atom. The molecule has 4 heterocycles. The molecule has 0 amide bonds. The minimum Gasteiger partial charge on any atom is -0.369 e. The van der Waals surface area contributed by atoms with Crippen molar-refractivity contribution >= 4 is 35.0 Å². The van der Waals surface area contributed by atoms with Crippen LogP contribution in [0.25, 0.3) is 0 Å². The molecule has 1 atom stereocenters. The Labute approximate surface area is 189 Å². The maximum absolute atomic E-state index is 5.91. The van der Waals surface area contributed by atoms with Gasteiger partial charge in [-0.05, 0) is 32.6 Å². The zero-order valence-corrected chi connectivity index (χ0v) is 18.9. The first-order valence-electron chi connectivity index (χ1n) is 11.2. The fraction of sp³-hybridized carbons (Fsp3) is 0.619. The Morgan fingerprint density at radius 2 is 1.68 bits per heavy atom. The van der Waals surface area contributed by atoms with Gasteiger partial charge < -0.3 is 25.8 Å². The van der Waals surface area contributed by atoms with Gasteiger partial charge in [0.2, 0.25) is 5.95 Å². The summed E-state index contributed by atoms with van der Waals surface area (Å²) >= 11 is 5.91. The van der Waals surface area contributed by atoms with Gasteiger partial charge >= 0.3 is 0 Å². The predicted octanol–water partition coefficient (Wildman–Crippen LogP) is 2.62. The van der Waals surface area contributed by atoms with Crippen LogP contribution in [0.1, 0.15) is 32.6 Å². The van der Waals surface area contributed by atoms with Crippen molar-refractivity contribution in [1.82, 2.24) is 25.3 Å². The van der Waals surface area contributed by atoms with E-state index in [-0.39, 0.29) is 6.04 Å². The highest BCUT2D eigenvalue weighted by Crippen LogP contribution is 2.25. The molecule has 10 heteroatoms. The van der Waals surface area contributed by atoms with Gasteiger partial charge in [-0.25, -0.2) is 9.97 Å². The number of halogens is 1. The Kier molecular flexibility index (Phi) is 7.58. The lowest BCUT2D eigenvalue weighted by Crippen LogP contribution is -2.33. The first-order chi connectivity index (χ1) is 15.2. The van der Waals surface area contributed by atoms with Crippen molar-refractivity contribution < 1.29 is 0 Å². The molecule has 2 aromatic rings. The standard InChI is InChI=1S/C21H32ClN9/c1-16(27-18-12-17(22)25-15-26-18)14-23-6-7-24-19-13-20(30-8-2-3-9-30)29-21(28-19)31-10-4-5-11-31/h12-13,15-16,23H,2-11,14H2,1H3,(H,24,28,29)(H,25,26,27). The van der Waals surface area contributed by atoms with E-state index in [2.05, 4.69) is 48.7 Å². The Hall–Kier alpha value is -2.39. The minimum absolute atomic E-state index is 0.216. The van der Waals surface area contributed by atoms with E-state index in [0.717, 1.165) is 69.2 Å². The summed E-state index contributed by atoms with van der Waals surface area (Å²) < 4.78 is 0. The Morgan fingerprint density at radius 3 is 2.42 bits per heavy atom. The molecule has 3 N–H and O–H groups in total. The molecule has 31 heavy (non-hydrogen) atoms. The molecule has 0 bridgehead atoms. The second kappa shape index (κ2) is 10.8. The summed E-state index contributed by atoms with van der Waals surface area (Å²) in [4.78, 5) is 22.4. The normalized spacial score (nSPS) is 17.2. The SMILES string of the molecule is CC(CNCCNc1cc(N2CCCC2)nc(N2CCCC2)n1)Nc1cc(Cl)ncn1. The van der Waals surface area contributed by atoms with Gasteiger partial charge in [0.1, 0.15) is 28.9 Å². The van der Waals surface area contributed by atoms with E-state index in [1.165, 1.54) is 32.0 Å². The molecule has 2 saturated heterocycles. The summed E-state index contributed by atoms with van der Waals surface area (Å²) in [5.74, 6) is 3.55. The molecule has 0 radical (unpaired) electrons. The molecule has 0 saturated carbocycles. The van der Waals surface area contributed by atoms with E-state index in [9.17, 15) is 0 Å². The molecule has 4 rings (SSSR count). The van der Waals surface area contributed by atoms with Gasteiger partial charge in [0.05, 0.1) is 0 Å². The molecule has 9 nitrogen and oxygen atoms in total. The van der Waals surface area contributed by atoms with Gasteiger partial charge in [0.15, 0.2) is 0 Å². The highest BCUT2D eigenvalue weighted by molar-refractivity contribution is 6.29. The smallest absolute Gasteiger partial charge is 0.229 e. The summed E-state index contributed by atoms with van der Waals surface area (Å²) in [6.07, 6.45) is 6.38. The number of hydrogen-bond acceptors (Lipinski definition) is 9. The predicted molar refractivity (Wildman–Crippen MR) is 126 cm³/mol. The number of nitrogens with zero attached hydrogens (tertiary/aromatic N) is 6. The van der Waals surface area contributed by atoms with Crippen molar-refractivity contribution in [3.05, 3.63) is 23.6 Å². The van der Waals surface area contributed by atoms with Crippen LogP contribution in [0.15, 0.2) is 18.5 Å². The van der Waals surface area contributed by atoms with Gasteiger partial charge in [-0.1, -0.05) is 11.6 Å². The molecule has 0 spiro atoms. The number of hydrogen-bond donors (Lipinski definition) is 3. The molecule has 2 aliphatic heterocycles. The summed E-state index contributed by atoms with van der Waals surface area (Å²) in [7, 11) is 0. The average Bonchev–Trinajstić information content (AvgIpc) is 3.48. The summed E-state index contributed by atoms with van der Waals surface area (Å²) in [5.41, 5.74) is 0. The van der Waals surface area contributed by atoms with E-state index in [0.29, 0.717) is 5.15 Å². The monoisotopic (exact) mass is 445 g/mol. The van der Waals surface area contributed by atoms with E-state index in [4.69, 9.17) is 21.6 Å². The molecule has 168 valence electrons. The van der Waals surface area contributed by atoms with E-state index in [1.807, 2.05) is 0 Å². The maximum Gasteiger partial charge on any atom is 0.229 e. The van der Waals surface area contributed by atoms with Crippen molar-refractivity contribution in [2.75, 3.05) is 66.2 Å². The average molecular weight is 446 g/mol. The van der Waals surface area contributed by atoms with Crippen LogP contribution in [-0.4, -0.2) is 71.8 Å². The zero-order chi connectivity index (χ0) is 21.5. The van der Waals surface area contributed by atoms with Crippen LogP contribution >= 0.6 is 11.6 Å². The van der Waals surface area contributed by atoms with Crippen LogP contribution in [0, 0.1) is 0 Å². The third-order valence-corrected chi connectivity index (χ3v) is 5.81. The van der Waals surface area contributed by atoms with Crippen molar-refractivity contribution in [3.63, 3.8) is 0 Å². The summed E-state index contributed by atoms with van der Waals surface area (Å²) in [6.45, 7) is 8.80. The third kappa shape index (κ3) is 6.30. The first kappa shape index (κ1) is 21.8. The lowest BCUT2D eigenvalue weighted by Gasteiger charge is -2.22. The molecular weight excluding hydrogens is 414 g/mol. The minimum atomic E-state index is 0.216. The molecule has 2 aliphatic rings. The van der Waals surface area contributed by atoms with Crippen LogP contribution in [0.3, 0.4) is 0 Å². The molecule has 2 aromatic heterocycles. The number of rotatable bonds is 10. The van der Waals surface area contributed by atoms with Gasteiger partial charge in [0.25, 0.3) is 0 Å². The molecular formula is C21H32ClN9. The van der Waals surface area contributed by atoms with Gasteiger partial charge in [-0.15, -0.1) is 0 Å². The molecule has 1 unspecified atom stereocenters. The van der Waals surface area contributed by atoms with Crippen molar-refractivity contribution in [2.24, 2.45) is 0 Å². The van der Waals surface area contributed by atoms with E-state index in [1.54, 1.807) is 6.07 Å². The highest BCUT2D eigenvalue weighted by atomic mass is 35.5. The van der Waals surface area contributed by atoms with Crippen molar-refractivity contribution in [3.8, 4) is 0 Å². The number of anilines is 4. The van der Waals surface area contributed by atoms with E-state index >= 15 is 0 Å². The summed E-state index contributed by atoms with van der Waals surface area (Å²) in [5, 5.41) is 10.7. The number of nitrogens with one attached hydrogen (secondary N) is 3.